The van der Waals surface area contributed by atoms with Gasteiger partial charge in [0.1, 0.15) is 29.9 Å². The molecule has 42 heavy (non-hydrogen) atoms. The van der Waals surface area contributed by atoms with Crippen LogP contribution in [0.3, 0.4) is 0 Å². The average Bonchev–Trinajstić information content (AvgIpc) is 3.42. The predicted octanol–water partition coefficient (Wildman–Crippen LogP) is 1.66. The molecule has 0 saturated carbocycles. The van der Waals surface area contributed by atoms with Crippen LogP contribution in [0.5, 0.6) is 5.75 Å². The highest BCUT2D eigenvalue weighted by Crippen LogP contribution is 2.26. The van der Waals surface area contributed by atoms with Crippen molar-refractivity contribution in [1.29, 1.82) is 5.26 Å². The van der Waals surface area contributed by atoms with Crippen molar-refractivity contribution in [3.05, 3.63) is 53.6 Å². The second kappa shape index (κ2) is 11.9. The summed E-state index contributed by atoms with van der Waals surface area (Å²) in [6.07, 6.45) is 1.15. The first-order valence-corrected chi connectivity index (χ1v) is 16.1. The number of guanidine groups is 1. The Kier molecular flexibility index (Phi) is 8.04. The Morgan fingerprint density at radius 3 is 2.48 bits per heavy atom. The van der Waals surface area contributed by atoms with Gasteiger partial charge in [0, 0.05) is 49.7 Å². The normalized spacial score (nSPS) is 23.8. The first kappa shape index (κ1) is 28.4. The lowest BCUT2D eigenvalue weighted by molar-refractivity contribution is -0.0660. The summed E-state index contributed by atoms with van der Waals surface area (Å²) >= 11 is 0. The summed E-state index contributed by atoms with van der Waals surface area (Å²) in [6.45, 7) is 8.41. The van der Waals surface area contributed by atoms with E-state index >= 15 is 0 Å². The Balaban J connectivity index is 1.07. The van der Waals surface area contributed by atoms with E-state index in [0.717, 1.165) is 50.6 Å². The zero-order valence-corrected chi connectivity index (χ0v) is 24.7. The SMILES string of the molecule is CC1N=C(Nc2ccc(N3CCN(C4COC4)CC3)cc2)NC(c2ccc(O[C@@H]3CCN(S(C)(=O)=O)C3)c(C#N)c2)=N1. The summed E-state index contributed by atoms with van der Waals surface area (Å²) in [4.78, 5) is 14.2. The van der Waals surface area contributed by atoms with Gasteiger partial charge >= 0.3 is 0 Å². The van der Waals surface area contributed by atoms with Gasteiger partial charge in [-0.15, -0.1) is 0 Å². The summed E-state index contributed by atoms with van der Waals surface area (Å²) in [5.41, 5.74) is 3.20. The number of hydrogen-bond acceptors (Lipinski definition) is 11. The van der Waals surface area contributed by atoms with Crippen LogP contribution in [-0.2, 0) is 14.8 Å². The molecule has 2 aromatic carbocycles. The number of ether oxygens (including phenoxy) is 2. The Morgan fingerprint density at radius 2 is 1.83 bits per heavy atom. The summed E-state index contributed by atoms with van der Waals surface area (Å²) in [5, 5.41) is 16.4. The van der Waals surface area contributed by atoms with Crippen molar-refractivity contribution in [2.45, 2.75) is 31.7 Å². The van der Waals surface area contributed by atoms with Crippen molar-refractivity contribution in [2.75, 3.05) is 69.0 Å². The molecular weight excluding hydrogens is 556 g/mol. The van der Waals surface area contributed by atoms with Crippen LogP contribution in [0.2, 0.25) is 0 Å². The fraction of sp³-hybridized carbons (Fsp3) is 0.483. The molecule has 13 heteroatoms. The lowest BCUT2D eigenvalue weighted by Gasteiger charge is -2.43. The molecule has 2 N–H and O–H groups in total. The molecule has 0 radical (unpaired) electrons. The van der Waals surface area contributed by atoms with E-state index in [1.54, 1.807) is 12.1 Å². The third-order valence-electron chi connectivity index (χ3n) is 8.06. The van der Waals surface area contributed by atoms with Crippen molar-refractivity contribution < 1.29 is 17.9 Å². The van der Waals surface area contributed by atoms with Crippen molar-refractivity contribution in [3.63, 3.8) is 0 Å². The molecule has 0 aromatic heterocycles. The molecule has 3 saturated heterocycles. The van der Waals surface area contributed by atoms with Crippen LogP contribution in [0, 0.1) is 11.3 Å². The first-order valence-electron chi connectivity index (χ1n) is 14.3. The van der Waals surface area contributed by atoms with Gasteiger partial charge in [-0.2, -0.15) is 9.57 Å². The van der Waals surface area contributed by atoms with E-state index < -0.39 is 10.0 Å². The van der Waals surface area contributed by atoms with Gasteiger partial charge in [0.2, 0.25) is 16.0 Å². The van der Waals surface area contributed by atoms with E-state index in [2.05, 4.69) is 60.8 Å². The largest absolute Gasteiger partial charge is 0.488 e. The van der Waals surface area contributed by atoms with Gasteiger partial charge in [-0.05, 0) is 55.8 Å². The summed E-state index contributed by atoms with van der Waals surface area (Å²) < 4.78 is 36.4. The van der Waals surface area contributed by atoms with E-state index in [0.29, 0.717) is 42.1 Å². The van der Waals surface area contributed by atoms with Gasteiger partial charge in [-0.25, -0.2) is 18.4 Å². The number of nitrogens with one attached hydrogen (secondary N) is 2. The summed E-state index contributed by atoms with van der Waals surface area (Å²) in [6, 6.07) is 16.5. The van der Waals surface area contributed by atoms with Gasteiger partial charge in [0.05, 0.1) is 37.6 Å². The fourth-order valence-corrected chi connectivity index (χ4v) is 6.48. The van der Waals surface area contributed by atoms with Crippen molar-refractivity contribution in [1.82, 2.24) is 14.5 Å². The Hall–Kier alpha value is -3.70. The molecule has 6 rings (SSSR count). The van der Waals surface area contributed by atoms with Crippen LogP contribution < -0.4 is 20.3 Å². The molecule has 12 nitrogen and oxygen atoms in total. The van der Waals surface area contributed by atoms with Crippen LogP contribution in [0.4, 0.5) is 11.4 Å². The zero-order valence-electron chi connectivity index (χ0n) is 23.9. The second-order valence-corrected chi connectivity index (χ2v) is 13.1. The first-order chi connectivity index (χ1) is 20.2. The molecule has 2 aromatic rings. The van der Waals surface area contributed by atoms with Crippen LogP contribution in [0.1, 0.15) is 24.5 Å². The van der Waals surface area contributed by atoms with E-state index in [-0.39, 0.29) is 18.8 Å². The molecule has 2 atom stereocenters. The zero-order chi connectivity index (χ0) is 29.3. The van der Waals surface area contributed by atoms with Gasteiger partial charge in [-0.1, -0.05) is 0 Å². The van der Waals surface area contributed by atoms with E-state index in [9.17, 15) is 13.7 Å². The van der Waals surface area contributed by atoms with Crippen LogP contribution in [0.25, 0.3) is 0 Å². The quantitative estimate of drug-likeness (QED) is 0.492. The van der Waals surface area contributed by atoms with Gasteiger partial charge < -0.3 is 25.0 Å². The van der Waals surface area contributed by atoms with E-state index in [1.807, 2.05) is 13.0 Å². The Bertz CT molecular complexity index is 1510. The number of anilines is 2. The predicted molar refractivity (Wildman–Crippen MR) is 162 cm³/mol. The summed E-state index contributed by atoms with van der Waals surface area (Å²) in [7, 11) is -3.27. The number of rotatable bonds is 7. The van der Waals surface area contributed by atoms with Crippen LogP contribution in [-0.4, -0.2) is 106 Å². The minimum atomic E-state index is -3.27. The maximum Gasteiger partial charge on any atom is 0.211 e. The lowest BCUT2D eigenvalue weighted by Crippen LogP contribution is -2.56. The molecule has 0 spiro atoms. The van der Waals surface area contributed by atoms with Gasteiger partial charge in [0.15, 0.2) is 0 Å². The van der Waals surface area contributed by atoms with Crippen molar-refractivity contribution >= 4 is 33.2 Å². The highest BCUT2D eigenvalue weighted by Gasteiger charge is 2.31. The highest BCUT2D eigenvalue weighted by molar-refractivity contribution is 7.88. The summed E-state index contributed by atoms with van der Waals surface area (Å²) in [5.74, 6) is 1.59. The second-order valence-electron chi connectivity index (χ2n) is 11.1. The minimum absolute atomic E-state index is 0.274. The topological polar surface area (TPSA) is 135 Å². The van der Waals surface area contributed by atoms with Crippen molar-refractivity contribution in [3.8, 4) is 11.8 Å². The monoisotopic (exact) mass is 592 g/mol. The van der Waals surface area contributed by atoms with E-state index in [1.165, 1.54) is 16.2 Å². The molecule has 4 aliphatic heterocycles. The number of nitriles is 1. The maximum absolute atomic E-state index is 11.8. The molecule has 222 valence electrons. The molecule has 1 unspecified atom stereocenters. The van der Waals surface area contributed by atoms with E-state index in [4.69, 9.17) is 9.47 Å². The molecular formula is C29H36N8O4S. The lowest BCUT2D eigenvalue weighted by atomic mass is 10.1. The molecule has 0 amide bonds. The number of nitrogens with zero attached hydrogens (tertiary/aromatic N) is 6. The molecule has 0 aliphatic carbocycles. The minimum Gasteiger partial charge on any atom is -0.488 e. The molecule has 4 heterocycles. The van der Waals surface area contributed by atoms with Gasteiger partial charge in [0.25, 0.3) is 0 Å². The van der Waals surface area contributed by atoms with Crippen molar-refractivity contribution in [2.24, 2.45) is 9.98 Å². The third-order valence-corrected chi connectivity index (χ3v) is 9.33. The van der Waals surface area contributed by atoms with Crippen LogP contribution in [0.15, 0.2) is 52.4 Å². The number of amidine groups is 1. The maximum atomic E-state index is 11.8. The average molecular weight is 593 g/mol. The fourth-order valence-electron chi connectivity index (χ4n) is 5.60. The number of hydrogen-bond donors (Lipinski definition) is 2. The molecule has 4 aliphatic rings. The standard InChI is InChI=1S/C29H36N8O4S/c1-20-31-28(21-3-8-27(22(15-21)16-30)41-26-9-10-37(17-26)42(2,38)39)34-29(32-20)33-23-4-6-24(7-5-23)35-11-13-36(14-12-35)25-18-40-19-25/h3-8,15,20,25-26H,9-14,17-19H2,1-2H3,(H2,31,32,33,34)/t20?,26-/m1/s1. The Morgan fingerprint density at radius 1 is 1.07 bits per heavy atom. The number of aliphatic imine (C=N–C) groups is 2. The third kappa shape index (κ3) is 6.37. The number of piperazine rings is 1. The van der Waals surface area contributed by atoms with Gasteiger partial charge in [-0.3, -0.25) is 4.90 Å². The number of sulfonamides is 1. The van der Waals surface area contributed by atoms with Crippen LogP contribution >= 0.6 is 0 Å². The smallest absolute Gasteiger partial charge is 0.211 e. The molecule has 0 bridgehead atoms. The molecule has 3 fully saturated rings. The highest BCUT2D eigenvalue weighted by atomic mass is 32.2. The Labute approximate surface area is 246 Å². The number of benzene rings is 2.